The maximum absolute atomic E-state index is 11.6. The molecule has 0 aliphatic carbocycles. The lowest BCUT2D eigenvalue weighted by atomic mass is 10.3. The van der Waals surface area contributed by atoms with Crippen LogP contribution in [0.3, 0.4) is 0 Å². The van der Waals surface area contributed by atoms with Gasteiger partial charge in [-0.1, -0.05) is 0 Å². The third-order valence-electron chi connectivity index (χ3n) is 3.07. The topological polar surface area (TPSA) is 51.7 Å². The van der Waals surface area contributed by atoms with Gasteiger partial charge in [0.1, 0.15) is 11.2 Å². The number of likely N-dealkylation sites (tertiary alicyclic amines) is 1. The predicted octanol–water partition coefficient (Wildman–Crippen LogP) is 2.11. The Kier molecular flexibility index (Phi) is 5.15. The first kappa shape index (κ1) is 14.3. The first-order chi connectivity index (χ1) is 9.20. The van der Waals surface area contributed by atoms with Gasteiger partial charge in [0.15, 0.2) is 11.4 Å². The molecule has 0 spiro atoms. The average molecular weight is 329 g/mol. The van der Waals surface area contributed by atoms with Crippen molar-refractivity contribution in [3.05, 3.63) is 22.4 Å². The van der Waals surface area contributed by atoms with E-state index in [-0.39, 0.29) is 5.69 Å². The quantitative estimate of drug-likeness (QED) is 0.612. The van der Waals surface area contributed by atoms with E-state index in [1.54, 1.807) is 12.1 Å². The summed E-state index contributed by atoms with van der Waals surface area (Å²) in [6.45, 7) is 3.68. The molecule has 0 unspecified atom stereocenters. The highest BCUT2D eigenvalue weighted by Crippen LogP contribution is 2.20. The van der Waals surface area contributed by atoms with Gasteiger partial charge in [-0.25, -0.2) is 9.78 Å². The monoisotopic (exact) mass is 328 g/mol. The molecule has 1 aromatic rings. The summed E-state index contributed by atoms with van der Waals surface area (Å²) in [5.74, 6) is -0.0216. The number of esters is 1. The Balaban J connectivity index is 1.96. The Hall–Kier alpha value is -1.14. The Bertz CT molecular complexity index is 448. The first-order valence-electron chi connectivity index (χ1n) is 6.30. The Morgan fingerprint density at radius 3 is 2.84 bits per heavy atom. The number of halogens is 1. The van der Waals surface area contributed by atoms with Crippen LogP contribution in [0.1, 0.15) is 23.3 Å². The van der Waals surface area contributed by atoms with Crippen LogP contribution in [-0.4, -0.2) is 49.2 Å². The number of carbonyl (C=O) groups excluding carboxylic acids is 1. The van der Waals surface area contributed by atoms with Gasteiger partial charge in [0, 0.05) is 6.54 Å². The molecule has 1 fully saturated rings. The fourth-order valence-corrected chi connectivity index (χ4v) is 2.38. The van der Waals surface area contributed by atoms with Crippen LogP contribution in [0.5, 0.6) is 5.75 Å². The van der Waals surface area contributed by atoms with E-state index >= 15 is 0 Å². The molecular formula is C13H17BrN2O3. The standard InChI is InChI=1S/C13H17BrN2O3/c1-18-13(17)12-10(4-5-11(14)15-12)19-9-8-16-6-2-3-7-16/h4-5H,2-3,6-9H2,1H3. The van der Waals surface area contributed by atoms with E-state index in [9.17, 15) is 4.79 Å². The Morgan fingerprint density at radius 2 is 2.16 bits per heavy atom. The fraction of sp³-hybridized carbons (Fsp3) is 0.538. The normalized spacial score (nSPS) is 15.5. The van der Waals surface area contributed by atoms with Crippen molar-refractivity contribution in [2.45, 2.75) is 12.8 Å². The third-order valence-corrected chi connectivity index (χ3v) is 3.51. The number of hydrogen-bond donors (Lipinski definition) is 0. The second kappa shape index (κ2) is 6.86. The van der Waals surface area contributed by atoms with Crippen molar-refractivity contribution in [1.29, 1.82) is 0 Å². The van der Waals surface area contributed by atoms with Crippen molar-refractivity contribution in [3.63, 3.8) is 0 Å². The van der Waals surface area contributed by atoms with Crippen LogP contribution in [0.25, 0.3) is 0 Å². The van der Waals surface area contributed by atoms with Crippen molar-refractivity contribution in [2.75, 3.05) is 33.4 Å². The molecule has 104 valence electrons. The molecule has 0 amide bonds. The summed E-state index contributed by atoms with van der Waals surface area (Å²) in [5, 5.41) is 0. The van der Waals surface area contributed by atoms with Crippen molar-refractivity contribution in [2.24, 2.45) is 0 Å². The van der Waals surface area contributed by atoms with E-state index in [1.165, 1.54) is 20.0 Å². The van der Waals surface area contributed by atoms with Crippen molar-refractivity contribution in [3.8, 4) is 5.75 Å². The zero-order valence-electron chi connectivity index (χ0n) is 10.9. The van der Waals surface area contributed by atoms with Crippen molar-refractivity contribution >= 4 is 21.9 Å². The number of nitrogens with zero attached hydrogens (tertiary/aromatic N) is 2. The largest absolute Gasteiger partial charge is 0.490 e. The second-order valence-electron chi connectivity index (χ2n) is 4.37. The van der Waals surface area contributed by atoms with Gasteiger partial charge >= 0.3 is 5.97 Å². The molecule has 1 saturated heterocycles. The van der Waals surface area contributed by atoms with Gasteiger partial charge in [0.25, 0.3) is 0 Å². The number of rotatable bonds is 5. The highest BCUT2D eigenvalue weighted by atomic mass is 79.9. The Labute approximate surface area is 121 Å². The molecule has 5 nitrogen and oxygen atoms in total. The zero-order chi connectivity index (χ0) is 13.7. The minimum atomic E-state index is -0.488. The molecule has 6 heteroatoms. The van der Waals surface area contributed by atoms with Gasteiger partial charge in [-0.3, -0.25) is 4.90 Å². The molecule has 0 N–H and O–H groups in total. The number of hydrogen-bond acceptors (Lipinski definition) is 5. The maximum Gasteiger partial charge on any atom is 0.360 e. The number of aromatic nitrogens is 1. The number of methoxy groups -OCH3 is 1. The molecule has 1 aliphatic heterocycles. The summed E-state index contributed by atoms with van der Waals surface area (Å²) in [6.07, 6.45) is 2.51. The van der Waals surface area contributed by atoms with Gasteiger partial charge in [-0.15, -0.1) is 0 Å². The Morgan fingerprint density at radius 1 is 1.42 bits per heavy atom. The van der Waals surface area contributed by atoms with Crippen LogP contribution in [0.2, 0.25) is 0 Å². The lowest BCUT2D eigenvalue weighted by Gasteiger charge is -2.15. The fourth-order valence-electron chi connectivity index (χ4n) is 2.07. The molecule has 1 aliphatic rings. The first-order valence-corrected chi connectivity index (χ1v) is 7.10. The van der Waals surface area contributed by atoms with Crippen LogP contribution in [0.4, 0.5) is 0 Å². The molecule has 2 heterocycles. The van der Waals surface area contributed by atoms with E-state index < -0.39 is 5.97 Å². The molecule has 0 saturated carbocycles. The minimum absolute atomic E-state index is 0.207. The molecule has 0 bridgehead atoms. The number of ether oxygens (including phenoxy) is 2. The summed E-state index contributed by atoms with van der Waals surface area (Å²) in [4.78, 5) is 18.1. The lowest BCUT2D eigenvalue weighted by Crippen LogP contribution is -2.25. The van der Waals surface area contributed by atoms with Gasteiger partial charge in [0.05, 0.1) is 7.11 Å². The molecule has 0 atom stereocenters. The SMILES string of the molecule is COC(=O)c1nc(Br)ccc1OCCN1CCCC1. The van der Waals surface area contributed by atoms with Crippen LogP contribution in [0.15, 0.2) is 16.7 Å². The predicted molar refractivity (Wildman–Crippen MR) is 74.4 cm³/mol. The van der Waals surface area contributed by atoms with Crippen LogP contribution in [0, 0.1) is 0 Å². The van der Waals surface area contributed by atoms with Gasteiger partial charge in [0.2, 0.25) is 0 Å². The molecule has 0 radical (unpaired) electrons. The van der Waals surface area contributed by atoms with E-state index in [1.807, 2.05) is 0 Å². The minimum Gasteiger partial charge on any atom is -0.490 e. The molecule has 1 aromatic heterocycles. The van der Waals surface area contributed by atoms with Gasteiger partial charge in [-0.2, -0.15) is 0 Å². The highest BCUT2D eigenvalue weighted by Gasteiger charge is 2.16. The molecule has 0 aromatic carbocycles. The summed E-state index contributed by atoms with van der Waals surface area (Å²) in [5.41, 5.74) is 0.207. The smallest absolute Gasteiger partial charge is 0.360 e. The van der Waals surface area contributed by atoms with Gasteiger partial charge in [-0.05, 0) is 54.0 Å². The summed E-state index contributed by atoms with van der Waals surface area (Å²) in [7, 11) is 1.33. The van der Waals surface area contributed by atoms with Crippen LogP contribution in [-0.2, 0) is 4.74 Å². The molecule has 2 rings (SSSR count). The average Bonchev–Trinajstić information content (AvgIpc) is 2.92. The highest BCUT2D eigenvalue weighted by molar-refractivity contribution is 9.10. The van der Waals surface area contributed by atoms with E-state index in [0.29, 0.717) is 17.0 Å². The van der Waals surface area contributed by atoms with Gasteiger partial charge < -0.3 is 9.47 Å². The van der Waals surface area contributed by atoms with Crippen molar-refractivity contribution in [1.82, 2.24) is 9.88 Å². The second-order valence-corrected chi connectivity index (χ2v) is 5.18. The van der Waals surface area contributed by atoms with Crippen molar-refractivity contribution < 1.29 is 14.3 Å². The summed E-state index contributed by atoms with van der Waals surface area (Å²) in [6, 6.07) is 3.48. The number of carbonyl (C=O) groups is 1. The van der Waals surface area contributed by atoms with E-state index in [4.69, 9.17) is 9.47 Å². The zero-order valence-corrected chi connectivity index (χ0v) is 12.5. The maximum atomic E-state index is 11.6. The lowest BCUT2D eigenvalue weighted by molar-refractivity contribution is 0.0588. The van der Waals surface area contributed by atoms with Crippen LogP contribution >= 0.6 is 15.9 Å². The molecular weight excluding hydrogens is 312 g/mol. The molecule has 19 heavy (non-hydrogen) atoms. The number of pyridine rings is 1. The van der Waals surface area contributed by atoms with E-state index in [2.05, 4.69) is 25.8 Å². The van der Waals surface area contributed by atoms with E-state index in [0.717, 1.165) is 19.6 Å². The third kappa shape index (κ3) is 3.91. The van der Waals surface area contributed by atoms with Crippen LogP contribution < -0.4 is 4.74 Å². The summed E-state index contributed by atoms with van der Waals surface area (Å²) < 4.78 is 10.9. The summed E-state index contributed by atoms with van der Waals surface area (Å²) >= 11 is 3.23.